The van der Waals surface area contributed by atoms with Crippen molar-refractivity contribution in [3.05, 3.63) is 88.6 Å². The maximum Gasteiger partial charge on any atom is 0.410 e. The molecule has 1 aliphatic carbocycles. The molecule has 242 valence electrons. The third kappa shape index (κ3) is 6.88. The fourth-order valence-corrected chi connectivity index (χ4v) is 6.03. The largest absolute Gasteiger partial charge is 0.444 e. The summed E-state index contributed by atoms with van der Waals surface area (Å²) in [5.74, 6) is -0.855. The highest BCUT2D eigenvalue weighted by atomic mass is 19.1. The van der Waals surface area contributed by atoms with Gasteiger partial charge in [0.15, 0.2) is 5.67 Å². The summed E-state index contributed by atoms with van der Waals surface area (Å²) < 4.78 is 20.4. The van der Waals surface area contributed by atoms with E-state index in [-0.39, 0.29) is 19.0 Å². The second-order valence-electron chi connectivity index (χ2n) is 13.6. The molecule has 2 heterocycles. The van der Waals surface area contributed by atoms with Crippen LogP contribution in [0.5, 0.6) is 0 Å². The average molecular weight is 630 g/mol. The molecule has 0 saturated carbocycles. The molecule has 11 heteroatoms. The highest BCUT2D eigenvalue weighted by Gasteiger charge is 2.51. The number of hydrogen-bond donors (Lipinski definition) is 2. The summed E-state index contributed by atoms with van der Waals surface area (Å²) in [6, 6.07) is 16.4. The lowest BCUT2D eigenvalue weighted by molar-refractivity contribution is -0.144. The van der Waals surface area contributed by atoms with E-state index in [0.29, 0.717) is 29.9 Å². The van der Waals surface area contributed by atoms with Crippen LogP contribution in [0.15, 0.2) is 60.8 Å². The van der Waals surface area contributed by atoms with Crippen LogP contribution in [0.25, 0.3) is 0 Å². The van der Waals surface area contributed by atoms with Crippen LogP contribution >= 0.6 is 0 Å². The normalized spacial score (nSPS) is 16.8. The number of alkyl halides is 1. The van der Waals surface area contributed by atoms with Crippen LogP contribution in [-0.2, 0) is 50.5 Å². The smallest absolute Gasteiger partial charge is 0.410 e. The molecule has 46 heavy (non-hydrogen) atoms. The molecule has 0 saturated heterocycles. The zero-order valence-electron chi connectivity index (χ0n) is 27.1. The number of nitrogens with one attached hydrogen (secondary N) is 2. The van der Waals surface area contributed by atoms with E-state index >= 15 is 0 Å². The first-order valence-electron chi connectivity index (χ1n) is 15.2. The minimum absolute atomic E-state index is 0.0484. The van der Waals surface area contributed by atoms with E-state index in [2.05, 4.69) is 15.6 Å². The molecule has 10 nitrogen and oxygen atoms in total. The first kappa shape index (κ1) is 32.6. The zero-order valence-corrected chi connectivity index (χ0v) is 27.1. The number of aromatic nitrogens is 1. The van der Waals surface area contributed by atoms with Crippen LogP contribution in [0.1, 0.15) is 62.4 Å². The SMILES string of the molecule is CN(Cc1ccccc1CN(CC(=O)Nc1ccc2c(c1)C[C@@]1(C2)C(=O)Nc2ncccc21)C(=O)C(C)(C)F)C(=O)OC(C)(C)C. The second-order valence-corrected chi connectivity index (χ2v) is 13.6. The number of carbonyl (C=O) groups excluding carboxylic acids is 4. The lowest BCUT2D eigenvalue weighted by Crippen LogP contribution is -2.45. The predicted molar refractivity (Wildman–Crippen MR) is 172 cm³/mol. The maximum absolute atomic E-state index is 15.0. The van der Waals surface area contributed by atoms with Crippen molar-refractivity contribution in [2.75, 3.05) is 24.2 Å². The molecule has 1 atom stereocenters. The molecule has 0 fully saturated rings. The van der Waals surface area contributed by atoms with Gasteiger partial charge >= 0.3 is 6.09 Å². The summed E-state index contributed by atoms with van der Waals surface area (Å²) in [6.45, 7) is 7.40. The highest BCUT2D eigenvalue weighted by Crippen LogP contribution is 2.47. The van der Waals surface area contributed by atoms with Gasteiger partial charge in [-0.1, -0.05) is 36.4 Å². The average Bonchev–Trinajstić information content (AvgIpc) is 3.48. The summed E-state index contributed by atoms with van der Waals surface area (Å²) in [6.07, 6.45) is 2.13. The van der Waals surface area contributed by atoms with Gasteiger partial charge in [-0.25, -0.2) is 14.2 Å². The van der Waals surface area contributed by atoms with Crippen molar-refractivity contribution < 1.29 is 28.3 Å². The zero-order chi connectivity index (χ0) is 33.4. The molecule has 1 aromatic heterocycles. The van der Waals surface area contributed by atoms with Gasteiger partial charge in [-0.3, -0.25) is 14.4 Å². The number of amides is 4. The molecule has 0 unspecified atom stereocenters. The first-order chi connectivity index (χ1) is 21.6. The Kier molecular flexibility index (Phi) is 8.63. The van der Waals surface area contributed by atoms with E-state index in [9.17, 15) is 23.6 Å². The van der Waals surface area contributed by atoms with Gasteiger partial charge in [0.05, 0.1) is 5.41 Å². The van der Waals surface area contributed by atoms with Gasteiger partial charge in [-0.05, 0) is 87.9 Å². The summed E-state index contributed by atoms with van der Waals surface area (Å²) in [5.41, 5.74) is 1.08. The fraction of sp³-hybridized carbons (Fsp3) is 0.400. The molecule has 2 aromatic carbocycles. The predicted octanol–water partition coefficient (Wildman–Crippen LogP) is 5.15. The van der Waals surface area contributed by atoms with Crippen LogP contribution in [0.4, 0.5) is 20.7 Å². The third-order valence-corrected chi connectivity index (χ3v) is 8.19. The van der Waals surface area contributed by atoms with Crippen LogP contribution in [0, 0.1) is 0 Å². The van der Waals surface area contributed by atoms with Gasteiger partial charge in [-0.2, -0.15) is 0 Å². The molecule has 4 amide bonds. The molecule has 1 spiro atoms. The van der Waals surface area contributed by atoms with Crippen molar-refractivity contribution in [1.82, 2.24) is 14.8 Å². The van der Waals surface area contributed by atoms with E-state index in [1.807, 2.05) is 36.4 Å². The lowest BCUT2D eigenvalue weighted by atomic mass is 9.79. The number of halogens is 1. The number of pyridine rings is 1. The summed E-state index contributed by atoms with van der Waals surface area (Å²) in [7, 11) is 1.61. The van der Waals surface area contributed by atoms with E-state index in [4.69, 9.17) is 4.74 Å². The Morgan fingerprint density at radius 3 is 2.33 bits per heavy atom. The number of hydrogen-bond acceptors (Lipinski definition) is 6. The number of nitrogens with zero attached hydrogens (tertiary/aromatic N) is 3. The van der Waals surface area contributed by atoms with Gasteiger partial charge in [0.25, 0.3) is 5.91 Å². The van der Waals surface area contributed by atoms with Crippen LogP contribution in [0.2, 0.25) is 0 Å². The van der Waals surface area contributed by atoms with Gasteiger partial charge in [0.1, 0.15) is 18.0 Å². The molecular weight excluding hydrogens is 589 g/mol. The number of benzene rings is 2. The first-order valence-corrected chi connectivity index (χ1v) is 15.2. The summed E-state index contributed by atoms with van der Waals surface area (Å²) in [4.78, 5) is 59.1. The quantitative estimate of drug-likeness (QED) is 0.356. The van der Waals surface area contributed by atoms with Gasteiger partial charge < -0.3 is 25.2 Å². The van der Waals surface area contributed by atoms with E-state index < -0.39 is 41.1 Å². The Morgan fingerprint density at radius 1 is 0.978 bits per heavy atom. The molecule has 3 aromatic rings. The van der Waals surface area contributed by atoms with Gasteiger partial charge in [0.2, 0.25) is 11.8 Å². The fourth-order valence-electron chi connectivity index (χ4n) is 6.03. The standard InChI is InChI=1S/C35H40FN5O5/c1-33(2,3)46-32(45)40(6)19-23-10-7-8-11-24(23)20-41(31(44)34(4,5)36)21-28(42)38-26-14-13-22-17-35(18-25(22)16-26)27-12-9-15-37-29(27)39-30(35)43/h7-16H,17-21H2,1-6H3,(H,38,42)(H,37,39,43)/t35-/m1/s1. The van der Waals surface area contributed by atoms with Gasteiger partial charge in [-0.15, -0.1) is 0 Å². The number of ether oxygens (including phenoxy) is 1. The van der Waals surface area contributed by atoms with Crippen molar-refractivity contribution in [3.8, 4) is 0 Å². The monoisotopic (exact) mass is 629 g/mol. The van der Waals surface area contributed by atoms with Gasteiger partial charge in [0, 0.05) is 37.6 Å². The Morgan fingerprint density at radius 2 is 1.65 bits per heavy atom. The van der Waals surface area contributed by atoms with Crippen molar-refractivity contribution in [2.45, 2.75) is 77.2 Å². The maximum atomic E-state index is 15.0. The Labute approximate surface area is 268 Å². The highest BCUT2D eigenvalue weighted by molar-refractivity contribution is 6.06. The number of rotatable bonds is 8. The summed E-state index contributed by atoms with van der Waals surface area (Å²) in [5, 5.41) is 5.74. The van der Waals surface area contributed by atoms with Crippen molar-refractivity contribution >= 4 is 35.3 Å². The van der Waals surface area contributed by atoms with E-state index in [1.54, 1.807) is 52.2 Å². The molecular formula is C35H40FN5O5. The Hall–Kier alpha value is -4.80. The van der Waals surface area contributed by atoms with E-state index in [1.165, 1.54) is 9.80 Å². The van der Waals surface area contributed by atoms with Crippen LogP contribution < -0.4 is 10.6 Å². The lowest BCUT2D eigenvalue weighted by Gasteiger charge is -2.29. The van der Waals surface area contributed by atoms with Crippen LogP contribution in [0.3, 0.4) is 0 Å². The minimum Gasteiger partial charge on any atom is -0.444 e. The van der Waals surface area contributed by atoms with Crippen molar-refractivity contribution in [2.24, 2.45) is 0 Å². The van der Waals surface area contributed by atoms with Crippen molar-refractivity contribution in [1.29, 1.82) is 0 Å². The number of carbonyl (C=O) groups is 4. The molecule has 2 aliphatic rings. The van der Waals surface area contributed by atoms with Crippen LogP contribution in [-0.4, -0.2) is 63.5 Å². The molecule has 0 radical (unpaired) electrons. The Bertz CT molecular complexity index is 1700. The number of anilines is 2. The summed E-state index contributed by atoms with van der Waals surface area (Å²) >= 11 is 0. The van der Waals surface area contributed by atoms with Crippen molar-refractivity contribution in [3.63, 3.8) is 0 Å². The third-order valence-electron chi connectivity index (χ3n) is 8.19. The topological polar surface area (TPSA) is 121 Å². The Balaban J connectivity index is 1.30. The minimum atomic E-state index is -2.22. The molecule has 1 aliphatic heterocycles. The molecule has 0 bridgehead atoms. The molecule has 2 N–H and O–H groups in total. The molecule has 5 rings (SSSR count). The number of fused-ring (bicyclic) bond motifs is 3. The second kappa shape index (κ2) is 12.2. The van der Waals surface area contributed by atoms with E-state index in [0.717, 1.165) is 36.1 Å².